The third kappa shape index (κ3) is 3.45. The molecule has 1 N–H and O–H groups in total. The second-order valence-corrected chi connectivity index (χ2v) is 9.21. The van der Waals surface area contributed by atoms with E-state index >= 15 is 0 Å². The number of H-pyrrole nitrogens is 1. The number of rotatable bonds is 3. The lowest BCUT2D eigenvalue weighted by Gasteiger charge is -2.27. The molecule has 4 rings (SSSR count). The average molecular weight is 399 g/mol. The lowest BCUT2D eigenvalue weighted by Crippen LogP contribution is -2.37. The molecule has 1 unspecified atom stereocenters. The third-order valence-corrected chi connectivity index (χ3v) is 6.64. The highest BCUT2D eigenvalue weighted by molar-refractivity contribution is 7.93. The molecule has 28 heavy (non-hydrogen) atoms. The second kappa shape index (κ2) is 6.90. The predicted octanol–water partition coefficient (Wildman–Crippen LogP) is 1.95. The second-order valence-electron chi connectivity index (χ2n) is 6.98. The van der Waals surface area contributed by atoms with Gasteiger partial charge in [-0.3, -0.25) is 14.3 Å². The van der Waals surface area contributed by atoms with Gasteiger partial charge < -0.3 is 9.88 Å². The molecule has 0 saturated heterocycles. The van der Waals surface area contributed by atoms with Gasteiger partial charge >= 0.3 is 0 Å². The van der Waals surface area contributed by atoms with E-state index in [1.807, 2.05) is 30.5 Å². The SMILES string of the molecule is CC(=O)N1CCn2ncc(S(C)(=O)=NC(=O)Cc3ccc4[nH]ccc4c3)c2C1. The van der Waals surface area contributed by atoms with Crippen LogP contribution < -0.4 is 0 Å². The zero-order chi connectivity index (χ0) is 19.9. The first-order chi connectivity index (χ1) is 13.3. The molecule has 8 nitrogen and oxygen atoms in total. The molecule has 9 heteroatoms. The predicted molar refractivity (Wildman–Crippen MR) is 105 cm³/mol. The summed E-state index contributed by atoms with van der Waals surface area (Å²) in [6, 6.07) is 7.62. The van der Waals surface area contributed by atoms with Crippen molar-refractivity contribution < 1.29 is 13.8 Å². The molecule has 2 amide bonds. The standard InChI is InChI=1S/C19H21N5O3S/c1-13(25)23-7-8-24-17(12-23)18(11-21-24)28(2,27)22-19(26)10-14-3-4-16-15(9-14)5-6-20-16/h3-6,9,11,20H,7-8,10,12H2,1-2H3. The zero-order valence-electron chi connectivity index (χ0n) is 15.7. The van der Waals surface area contributed by atoms with Gasteiger partial charge in [-0.25, -0.2) is 4.21 Å². The van der Waals surface area contributed by atoms with Crippen LogP contribution in [0.4, 0.5) is 0 Å². The fourth-order valence-electron chi connectivity index (χ4n) is 3.47. The van der Waals surface area contributed by atoms with E-state index in [-0.39, 0.29) is 12.3 Å². The van der Waals surface area contributed by atoms with E-state index in [1.54, 1.807) is 9.58 Å². The molecule has 146 valence electrons. The summed E-state index contributed by atoms with van der Waals surface area (Å²) in [5, 5.41) is 5.27. The normalized spacial score (nSPS) is 15.9. The van der Waals surface area contributed by atoms with Crippen molar-refractivity contribution in [1.29, 1.82) is 0 Å². The van der Waals surface area contributed by atoms with Crippen LogP contribution in [-0.2, 0) is 38.8 Å². The minimum atomic E-state index is -2.96. The molecule has 0 fully saturated rings. The largest absolute Gasteiger partial charge is 0.361 e. The van der Waals surface area contributed by atoms with Crippen LogP contribution in [0.5, 0.6) is 0 Å². The van der Waals surface area contributed by atoms with Crippen molar-refractivity contribution >= 4 is 32.4 Å². The Balaban J connectivity index is 1.60. The number of aromatic nitrogens is 3. The first-order valence-corrected chi connectivity index (χ1v) is 10.9. The molecular formula is C19H21N5O3S. The van der Waals surface area contributed by atoms with Crippen molar-refractivity contribution in [3.63, 3.8) is 0 Å². The summed E-state index contributed by atoms with van der Waals surface area (Å²) in [6.45, 7) is 2.93. The maximum Gasteiger partial charge on any atom is 0.258 e. The smallest absolute Gasteiger partial charge is 0.258 e. The van der Waals surface area contributed by atoms with E-state index in [1.165, 1.54) is 19.4 Å². The lowest BCUT2D eigenvalue weighted by molar-refractivity contribution is -0.130. The molecule has 0 radical (unpaired) electrons. The fourth-order valence-corrected chi connectivity index (χ4v) is 4.87. The quantitative estimate of drug-likeness (QED) is 0.727. The molecule has 1 aromatic carbocycles. The van der Waals surface area contributed by atoms with Crippen LogP contribution in [0, 0.1) is 0 Å². The summed E-state index contributed by atoms with van der Waals surface area (Å²) in [5.74, 6) is -0.490. The first kappa shape index (κ1) is 18.4. The number of aromatic amines is 1. The van der Waals surface area contributed by atoms with Gasteiger partial charge in [-0.15, -0.1) is 0 Å². The highest BCUT2D eigenvalue weighted by Gasteiger charge is 2.26. The number of amides is 2. The van der Waals surface area contributed by atoms with Crippen LogP contribution in [0.15, 0.2) is 45.9 Å². The molecule has 0 bridgehead atoms. The van der Waals surface area contributed by atoms with E-state index < -0.39 is 15.6 Å². The molecule has 1 aliphatic rings. The molecule has 1 aliphatic heterocycles. The van der Waals surface area contributed by atoms with Crippen LogP contribution in [0.2, 0.25) is 0 Å². The number of fused-ring (bicyclic) bond motifs is 2. The number of carbonyl (C=O) groups is 2. The number of hydrogen-bond acceptors (Lipinski definition) is 4. The summed E-state index contributed by atoms with van der Waals surface area (Å²) >= 11 is 0. The van der Waals surface area contributed by atoms with Crippen LogP contribution >= 0.6 is 0 Å². The van der Waals surface area contributed by atoms with Crippen LogP contribution in [0.25, 0.3) is 10.9 Å². The van der Waals surface area contributed by atoms with Gasteiger partial charge in [-0.2, -0.15) is 9.46 Å². The monoisotopic (exact) mass is 399 g/mol. The zero-order valence-corrected chi connectivity index (χ0v) is 16.5. The van der Waals surface area contributed by atoms with Gasteiger partial charge in [0.2, 0.25) is 5.91 Å². The van der Waals surface area contributed by atoms with E-state index in [2.05, 4.69) is 14.4 Å². The van der Waals surface area contributed by atoms with Crippen LogP contribution in [0.3, 0.4) is 0 Å². The summed E-state index contributed by atoms with van der Waals surface area (Å²) in [4.78, 5) is 29.4. The Labute approximate surface area is 162 Å². The van der Waals surface area contributed by atoms with Crippen LogP contribution in [-0.4, -0.2) is 48.5 Å². The summed E-state index contributed by atoms with van der Waals surface area (Å²) in [6.07, 6.45) is 4.87. The summed E-state index contributed by atoms with van der Waals surface area (Å²) in [7, 11) is -2.96. The van der Waals surface area contributed by atoms with Crippen molar-refractivity contribution in [2.75, 3.05) is 12.8 Å². The Morgan fingerprint density at radius 1 is 1.29 bits per heavy atom. The van der Waals surface area contributed by atoms with Crippen molar-refractivity contribution in [3.8, 4) is 0 Å². The van der Waals surface area contributed by atoms with E-state index in [0.29, 0.717) is 30.2 Å². The van der Waals surface area contributed by atoms with Crippen molar-refractivity contribution in [3.05, 3.63) is 47.9 Å². The maximum absolute atomic E-state index is 13.2. The molecule has 3 aromatic rings. The summed E-state index contributed by atoms with van der Waals surface area (Å²) in [5.41, 5.74) is 2.49. The van der Waals surface area contributed by atoms with Crippen molar-refractivity contribution in [2.45, 2.75) is 31.3 Å². The Bertz CT molecular complexity index is 1200. The minimum absolute atomic E-state index is 0.0471. The average Bonchev–Trinajstić information content (AvgIpc) is 3.26. The van der Waals surface area contributed by atoms with E-state index in [0.717, 1.165) is 16.5 Å². The Morgan fingerprint density at radius 2 is 2.11 bits per heavy atom. The maximum atomic E-state index is 13.2. The molecule has 0 saturated carbocycles. The van der Waals surface area contributed by atoms with E-state index in [9.17, 15) is 13.8 Å². The Hall–Kier alpha value is -2.94. The van der Waals surface area contributed by atoms with Crippen molar-refractivity contribution in [1.82, 2.24) is 19.7 Å². The van der Waals surface area contributed by atoms with Gasteiger partial charge in [0.15, 0.2) is 0 Å². The Morgan fingerprint density at radius 3 is 2.89 bits per heavy atom. The van der Waals surface area contributed by atoms with E-state index in [4.69, 9.17) is 0 Å². The molecule has 3 heterocycles. The first-order valence-electron chi connectivity index (χ1n) is 8.95. The molecule has 0 aliphatic carbocycles. The molecule has 2 aromatic heterocycles. The lowest BCUT2D eigenvalue weighted by atomic mass is 10.1. The van der Waals surface area contributed by atoms with Gasteiger partial charge in [0.05, 0.1) is 46.0 Å². The van der Waals surface area contributed by atoms with Gasteiger partial charge in [0.25, 0.3) is 5.91 Å². The van der Waals surface area contributed by atoms with Gasteiger partial charge in [-0.05, 0) is 29.1 Å². The Kier molecular flexibility index (Phi) is 4.54. The third-order valence-electron chi connectivity index (χ3n) is 4.94. The molecular weight excluding hydrogens is 378 g/mol. The number of nitrogens with one attached hydrogen (secondary N) is 1. The minimum Gasteiger partial charge on any atom is -0.361 e. The van der Waals surface area contributed by atoms with Gasteiger partial charge in [-0.1, -0.05) is 6.07 Å². The topological polar surface area (TPSA) is 100 Å². The molecule has 1 atom stereocenters. The van der Waals surface area contributed by atoms with Gasteiger partial charge in [0, 0.05) is 31.4 Å². The highest BCUT2D eigenvalue weighted by atomic mass is 32.2. The van der Waals surface area contributed by atoms with Crippen LogP contribution in [0.1, 0.15) is 18.2 Å². The molecule has 0 spiro atoms. The number of carbonyl (C=O) groups excluding carboxylic acids is 2. The highest BCUT2D eigenvalue weighted by Crippen LogP contribution is 2.23. The number of nitrogens with zero attached hydrogens (tertiary/aromatic N) is 4. The number of hydrogen-bond donors (Lipinski definition) is 1. The summed E-state index contributed by atoms with van der Waals surface area (Å²) < 4.78 is 19.0. The van der Waals surface area contributed by atoms with Gasteiger partial charge in [0.1, 0.15) is 0 Å². The van der Waals surface area contributed by atoms with Crippen molar-refractivity contribution in [2.24, 2.45) is 4.36 Å². The fraction of sp³-hybridized carbons (Fsp3) is 0.316. The number of benzene rings is 1.